The van der Waals surface area contributed by atoms with Crippen molar-refractivity contribution in [3.05, 3.63) is 95.9 Å². The maximum atomic E-state index is 13.3. The SMILES string of the molecule is COc1ccc(-n2c(CNc3ccc(F)cc3)nnc2SCC(=O)Nc2nc(-c3ccccc3)cs2)cc1. The van der Waals surface area contributed by atoms with Gasteiger partial charge >= 0.3 is 0 Å². The van der Waals surface area contributed by atoms with E-state index in [1.807, 2.05) is 64.5 Å². The van der Waals surface area contributed by atoms with E-state index in [4.69, 9.17) is 4.74 Å². The molecule has 0 fully saturated rings. The fraction of sp³-hybridized carbons (Fsp3) is 0.111. The van der Waals surface area contributed by atoms with E-state index in [0.717, 1.165) is 28.4 Å². The fourth-order valence-corrected chi connectivity index (χ4v) is 5.11. The minimum atomic E-state index is -0.303. The number of thiazole rings is 1. The number of rotatable bonds is 10. The summed E-state index contributed by atoms with van der Waals surface area (Å²) in [4.78, 5) is 17.2. The summed E-state index contributed by atoms with van der Waals surface area (Å²) in [5.74, 6) is 0.983. The van der Waals surface area contributed by atoms with Crippen LogP contribution in [-0.2, 0) is 11.3 Å². The minimum Gasteiger partial charge on any atom is -0.497 e. The first kappa shape index (κ1) is 25.4. The highest BCUT2D eigenvalue weighted by Gasteiger charge is 2.17. The van der Waals surface area contributed by atoms with Crippen LogP contribution < -0.4 is 15.4 Å². The number of ether oxygens (including phenoxy) is 1. The molecular formula is C27H23FN6O2S2. The Morgan fingerprint density at radius 2 is 1.79 bits per heavy atom. The average Bonchev–Trinajstić information content (AvgIpc) is 3.59. The van der Waals surface area contributed by atoms with Crippen molar-refractivity contribution in [3.8, 4) is 22.7 Å². The van der Waals surface area contributed by atoms with Gasteiger partial charge in [0.1, 0.15) is 11.6 Å². The van der Waals surface area contributed by atoms with Crippen LogP contribution in [0.4, 0.5) is 15.2 Å². The Morgan fingerprint density at radius 1 is 1.03 bits per heavy atom. The van der Waals surface area contributed by atoms with Gasteiger partial charge in [0.15, 0.2) is 16.1 Å². The molecule has 0 aliphatic carbocycles. The first-order valence-electron chi connectivity index (χ1n) is 11.6. The molecule has 0 atom stereocenters. The first-order chi connectivity index (χ1) is 18.6. The summed E-state index contributed by atoms with van der Waals surface area (Å²) in [7, 11) is 1.61. The van der Waals surface area contributed by atoms with Gasteiger partial charge in [-0.25, -0.2) is 9.37 Å². The van der Waals surface area contributed by atoms with Crippen LogP contribution in [0.5, 0.6) is 5.75 Å². The Labute approximate surface area is 226 Å². The predicted octanol–water partition coefficient (Wildman–Crippen LogP) is 5.88. The maximum Gasteiger partial charge on any atom is 0.236 e. The van der Waals surface area contributed by atoms with E-state index in [-0.39, 0.29) is 17.5 Å². The molecular weight excluding hydrogens is 523 g/mol. The molecule has 5 rings (SSSR count). The van der Waals surface area contributed by atoms with Crippen molar-refractivity contribution < 1.29 is 13.9 Å². The zero-order chi connectivity index (χ0) is 26.3. The number of methoxy groups -OCH3 is 1. The first-order valence-corrected chi connectivity index (χ1v) is 13.5. The van der Waals surface area contributed by atoms with Crippen LogP contribution >= 0.6 is 23.1 Å². The molecule has 0 spiro atoms. The van der Waals surface area contributed by atoms with Gasteiger partial charge < -0.3 is 15.4 Å². The van der Waals surface area contributed by atoms with E-state index in [2.05, 4.69) is 25.8 Å². The summed E-state index contributed by atoms with van der Waals surface area (Å²) in [6.07, 6.45) is 0. The van der Waals surface area contributed by atoms with Gasteiger partial charge in [0, 0.05) is 22.3 Å². The smallest absolute Gasteiger partial charge is 0.236 e. The van der Waals surface area contributed by atoms with Crippen LogP contribution in [0.15, 0.2) is 89.4 Å². The molecule has 0 aliphatic heterocycles. The zero-order valence-corrected chi connectivity index (χ0v) is 21.9. The van der Waals surface area contributed by atoms with Gasteiger partial charge in [0.25, 0.3) is 0 Å². The Morgan fingerprint density at radius 3 is 2.53 bits per heavy atom. The second-order valence-corrected chi connectivity index (χ2v) is 9.83. The largest absolute Gasteiger partial charge is 0.497 e. The van der Waals surface area contributed by atoms with Crippen LogP contribution in [-0.4, -0.2) is 38.5 Å². The van der Waals surface area contributed by atoms with Crippen molar-refractivity contribution >= 4 is 39.8 Å². The number of carbonyl (C=O) groups is 1. The maximum absolute atomic E-state index is 13.3. The molecule has 0 unspecified atom stereocenters. The third-order valence-electron chi connectivity index (χ3n) is 5.48. The van der Waals surface area contributed by atoms with Crippen LogP contribution in [0.1, 0.15) is 5.82 Å². The Hall–Kier alpha value is -4.22. The highest BCUT2D eigenvalue weighted by molar-refractivity contribution is 7.99. The molecule has 8 nitrogen and oxygen atoms in total. The number of aromatic nitrogens is 4. The number of hydrogen-bond acceptors (Lipinski definition) is 8. The van der Waals surface area contributed by atoms with Crippen LogP contribution in [0.2, 0.25) is 0 Å². The summed E-state index contributed by atoms with van der Waals surface area (Å²) in [5, 5.41) is 17.8. The van der Waals surface area contributed by atoms with E-state index in [9.17, 15) is 9.18 Å². The number of hydrogen-bond donors (Lipinski definition) is 2. The van der Waals surface area contributed by atoms with E-state index in [0.29, 0.717) is 22.7 Å². The lowest BCUT2D eigenvalue weighted by Crippen LogP contribution is -2.14. The molecule has 5 aromatic rings. The molecule has 1 amide bonds. The summed E-state index contributed by atoms with van der Waals surface area (Å²) < 4.78 is 20.4. The van der Waals surface area contributed by atoms with Gasteiger partial charge in [0.2, 0.25) is 5.91 Å². The highest BCUT2D eigenvalue weighted by Crippen LogP contribution is 2.27. The molecule has 0 bridgehead atoms. The third kappa shape index (κ3) is 6.18. The number of anilines is 2. The Bertz CT molecular complexity index is 1510. The lowest BCUT2D eigenvalue weighted by molar-refractivity contribution is -0.113. The van der Waals surface area contributed by atoms with E-state index < -0.39 is 0 Å². The fourth-order valence-electron chi connectivity index (χ4n) is 3.61. The number of halogens is 1. The van der Waals surface area contributed by atoms with Crippen molar-refractivity contribution in [2.45, 2.75) is 11.7 Å². The quantitative estimate of drug-likeness (QED) is 0.211. The van der Waals surface area contributed by atoms with E-state index in [1.165, 1.54) is 35.2 Å². The number of benzene rings is 3. The van der Waals surface area contributed by atoms with Gasteiger partial charge in [0.05, 0.1) is 25.1 Å². The second kappa shape index (κ2) is 11.9. The second-order valence-electron chi connectivity index (χ2n) is 8.03. The monoisotopic (exact) mass is 546 g/mol. The van der Waals surface area contributed by atoms with E-state index in [1.54, 1.807) is 19.2 Å². The standard InChI is InChI=1S/C27H23FN6O2S2/c1-36-22-13-11-21(12-14-22)34-24(15-29-20-9-7-19(28)8-10-20)32-33-27(34)38-17-25(35)31-26-30-23(16-37-26)18-5-3-2-4-6-18/h2-14,16,29H,15,17H2,1H3,(H,30,31,35). The Balaban J connectivity index is 1.29. The number of amides is 1. The predicted molar refractivity (Wildman–Crippen MR) is 149 cm³/mol. The number of nitrogens with zero attached hydrogens (tertiary/aromatic N) is 4. The molecule has 2 aromatic heterocycles. The van der Waals surface area contributed by atoms with Crippen molar-refractivity contribution in [2.75, 3.05) is 23.5 Å². The summed E-state index contributed by atoms with van der Waals surface area (Å²) in [5.41, 5.74) is 3.38. The van der Waals surface area contributed by atoms with Gasteiger partial charge in [-0.3, -0.25) is 9.36 Å². The topological polar surface area (TPSA) is 94.0 Å². The molecule has 0 saturated carbocycles. The lowest BCUT2D eigenvalue weighted by atomic mass is 10.2. The summed E-state index contributed by atoms with van der Waals surface area (Å²) >= 11 is 2.65. The molecule has 0 aliphatic rings. The summed E-state index contributed by atoms with van der Waals surface area (Å²) in [6.45, 7) is 0.346. The van der Waals surface area contributed by atoms with Crippen LogP contribution in [0.25, 0.3) is 16.9 Å². The van der Waals surface area contributed by atoms with Gasteiger partial charge in [-0.15, -0.1) is 21.5 Å². The minimum absolute atomic E-state index is 0.125. The number of thioether (sulfide) groups is 1. The molecule has 0 radical (unpaired) electrons. The summed E-state index contributed by atoms with van der Waals surface area (Å²) in [6, 6.07) is 23.4. The highest BCUT2D eigenvalue weighted by atomic mass is 32.2. The lowest BCUT2D eigenvalue weighted by Gasteiger charge is -2.12. The molecule has 192 valence electrons. The third-order valence-corrected chi connectivity index (χ3v) is 7.16. The van der Waals surface area contributed by atoms with Crippen LogP contribution in [0.3, 0.4) is 0 Å². The number of carbonyl (C=O) groups excluding carboxylic acids is 1. The molecule has 3 aromatic carbocycles. The van der Waals surface area contributed by atoms with Crippen molar-refractivity contribution in [1.29, 1.82) is 0 Å². The van der Waals surface area contributed by atoms with E-state index >= 15 is 0 Å². The average molecular weight is 547 g/mol. The number of nitrogens with one attached hydrogen (secondary N) is 2. The zero-order valence-electron chi connectivity index (χ0n) is 20.3. The van der Waals surface area contributed by atoms with Gasteiger partial charge in [-0.2, -0.15) is 0 Å². The van der Waals surface area contributed by atoms with Crippen molar-refractivity contribution in [3.63, 3.8) is 0 Å². The van der Waals surface area contributed by atoms with Crippen molar-refractivity contribution in [1.82, 2.24) is 19.7 Å². The van der Waals surface area contributed by atoms with Crippen molar-refractivity contribution in [2.24, 2.45) is 0 Å². The van der Waals surface area contributed by atoms with Gasteiger partial charge in [-0.1, -0.05) is 42.1 Å². The van der Waals surface area contributed by atoms with Gasteiger partial charge in [-0.05, 0) is 48.5 Å². The Kier molecular flexibility index (Phi) is 7.95. The molecule has 2 heterocycles. The molecule has 11 heteroatoms. The molecule has 2 N–H and O–H groups in total. The molecule has 38 heavy (non-hydrogen) atoms. The normalized spacial score (nSPS) is 10.8. The molecule has 0 saturated heterocycles. The van der Waals surface area contributed by atoms with Crippen LogP contribution in [0, 0.1) is 5.82 Å².